The van der Waals surface area contributed by atoms with Crippen LogP contribution in [0.5, 0.6) is 0 Å². The van der Waals surface area contributed by atoms with Crippen molar-refractivity contribution in [2.75, 3.05) is 27.3 Å². The second kappa shape index (κ2) is 16.2. The molecule has 2 aliphatic heterocycles. The third-order valence-corrected chi connectivity index (χ3v) is 11.3. The fraction of sp³-hybridized carbons (Fsp3) is 0.512. The van der Waals surface area contributed by atoms with Crippen LogP contribution in [0.2, 0.25) is 0 Å². The van der Waals surface area contributed by atoms with Gasteiger partial charge in [0.2, 0.25) is 18.2 Å². The monoisotopic (exact) mass is 752 g/mol. The summed E-state index contributed by atoms with van der Waals surface area (Å²) >= 11 is 0. The summed E-state index contributed by atoms with van der Waals surface area (Å²) < 4.78 is 4.78. The summed E-state index contributed by atoms with van der Waals surface area (Å²) in [4.78, 5) is 73.3. The molecule has 0 unspecified atom stereocenters. The number of ether oxygens (including phenoxy) is 1. The van der Waals surface area contributed by atoms with Crippen LogP contribution in [0.1, 0.15) is 106 Å². The lowest BCUT2D eigenvalue weighted by molar-refractivity contribution is -0.188. The van der Waals surface area contributed by atoms with Gasteiger partial charge in [0.05, 0.1) is 49.2 Å². The Morgan fingerprint density at radius 1 is 0.873 bits per heavy atom. The van der Waals surface area contributed by atoms with Crippen LogP contribution in [0.3, 0.4) is 0 Å². The number of imidazole rings is 2. The van der Waals surface area contributed by atoms with Crippen LogP contribution in [0.4, 0.5) is 4.79 Å². The molecule has 14 nitrogen and oxygen atoms in total. The van der Waals surface area contributed by atoms with Crippen LogP contribution in [0.25, 0.3) is 22.3 Å². The molecule has 3 N–H and O–H groups in total. The summed E-state index contributed by atoms with van der Waals surface area (Å²) in [5, 5.41) is 2.72. The number of aliphatic imine (C=N–C) groups is 1. The average Bonchev–Trinajstić information content (AvgIpc) is 3.69. The largest absolute Gasteiger partial charge is 0.453 e. The molecule has 7 rings (SSSR count). The summed E-state index contributed by atoms with van der Waals surface area (Å²) in [7, 11) is 2.70. The summed E-state index contributed by atoms with van der Waals surface area (Å²) in [5.41, 5.74) is 6.37. The van der Waals surface area contributed by atoms with Crippen molar-refractivity contribution < 1.29 is 28.9 Å². The number of carbonyl (C=O) groups excluding carboxylic acids is 3. The van der Waals surface area contributed by atoms with E-state index in [2.05, 4.69) is 67.6 Å². The van der Waals surface area contributed by atoms with Gasteiger partial charge in [0.25, 0.3) is 0 Å². The van der Waals surface area contributed by atoms with Gasteiger partial charge in [-0.25, -0.2) is 19.8 Å². The van der Waals surface area contributed by atoms with Crippen molar-refractivity contribution in [3.63, 3.8) is 0 Å². The number of methoxy groups -OCH3 is 1. The number of rotatable bonds is 13. The zero-order valence-electron chi connectivity index (χ0n) is 32.5. The van der Waals surface area contributed by atoms with E-state index >= 15 is 0 Å². The highest BCUT2D eigenvalue weighted by molar-refractivity contribution is 5.87. The van der Waals surface area contributed by atoms with Gasteiger partial charge < -0.3 is 34.7 Å². The van der Waals surface area contributed by atoms with Gasteiger partial charge in [-0.3, -0.25) is 9.59 Å². The molecule has 3 aliphatic rings. The first-order valence-corrected chi connectivity index (χ1v) is 19.4. The second-order valence-corrected chi connectivity index (χ2v) is 15.6. The van der Waals surface area contributed by atoms with Gasteiger partial charge >= 0.3 is 6.09 Å². The molecule has 14 heteroatoms. The average molecular weight is 753 g/mol. The second-order valence-electron chi connectivity index (χ2n) is 15.6. The first-order chi connectivity index (χ1) is 26.6. The summed E-state index contributed by atoms with van der Waals surface area (Å²) in [6.07, 6.45) is 6.91. The number of H-pyrrole nitrogens is 2. The molecule has 0 radical (unpaired) electrons. The van der Waals surface area contributed by atoms with Crippen molar-refractivity contribution >= 4 is 35.3 Å². The molecule has 2 aromatic heterocycles. The predicted molar refractivity (Wildman–Crippen MR) is 207 cm³/mol. The molecule has 292 valence electrons. The normalized spacial score (nSPS) is 22.2. The first kappa shape index (κ1) is 38.1. The van der Waals surface area contributed by atoms with Crippen molar-refractivity contribution in [2.45, 2.75) is 95.8 Å². The lowest BCUT2D eigenvalue weighted by atomic mass is 10.0. The number of carbonyl (C=O) groups is 3. The van der Waals surface area contributed by atoms with Crippen molar-refractivity contribution in [3.05, 3.63) is 71.4 Å². The quantitative estimate of drug-likeness (QED) is 0.0598. The summed E-state index contributed by atoms with van der Waals surface area (Å²) in [6.45, 7) is 9.05. The van der Waals surface area contributed by atoms with Gasteiger partial charge in [-0.1, -0.05) is 58.0 Å². The van der Waals surface area contributed by atoms with Crippen molar-refractivity contribution in [3.8, 4) is 11.3 Å². The van der Waals surface area contributed by atoms with Crippen LogP contribution in [-0.4, -0.2) is 93.4 Å². The van der Waals surface area contributed by atoms with E-state index in [9.17, 15) is 14.4 Å². The lowest BCUT2D eigenvalue weighted by Gasteiger charge is -2.29. The van der Waals surface area contributed by atoms with Crippen LogP contribution >= 0.6 is 0 Å². The van der Waals surface area contributed by atoms with Gasteiger partial charge in [-0.2, -0.15) is 4.89 Å². The molecule has 0 spiro atoms. The fourth-order valence-electron chi connectivity index (χ4n) is 8.26. The van der Waals surface area contributed by atoms with E-state index in [0.29, 0.717) is 24.9 Å². The van der Waals surface area contributed by atoms with Crippen LogP contribution in [-0.2, 0) is 24.1 Å². The Morgan fingerprint density at radius 2 is 1.55 bits per heavy atom. The molecule has 1 saturated carbocycles. The molecule has 1 aliphatic carbocycles. The Kier molecular flexibility index (Phi) is 11.2. The molecule has 6 atom stereocenters. The van der Waals surface area contributed by atoms with E-state index in [0.717, 1.165) is 66.0 Å². The number of aromatic amines is 2. The summed E-state index contributed by atoms with van der Waals surface area (Å²) in [5.74, 6) is 2.14. The molecular weight excluding hydrogens is 701 g/mol. The highest BCUT2D eigenvalue weighted by Crippen LogP contribution is 2.55. The number of hydrogen-bond donors (Lipinski definition) is 3. The van der Waals surface area contributed by atoms with Gasteiger partial charge in [-0.05, 0) is 84.6 Å². The lowest BCUT2D eigenvalue weighted by Crippen LogP contribution is -2.51. The van der Waals surface area contributed by atoms with E-state index in [1.165, 1.54) is 31.7 Å². The number of amides is 3. The molecule has 3 fully saturated rings. The number of likely N-dealkylation sites (tertiary alicyclic amines) is 2. The number of hydrogen-bond acceptors (Lipinski definition) is 9. The highest BCUT2D eigenvalue weighted by Gasteiger charge is 2.41. The van der Waals surface area contributed by atoms with Crippen molar-refractivity contribution in [2.24, 2.45) is 16.8 Å². The molecule has 2 saturated heterocycles. The third kappa shape index (κ3) is 7.96. The van der Waals surface area contributed by atoms with E-state index in [1.54, 1.807) is 0 Å². The maximum absolute atomic E-state index is 13.6. The number of aromatic nitrogens is 4. The topological polar surface area (TPSA) is 167 Å². The standard InChI is InChI=1S/C41H52N8O6/c1-23(2)35(43-22-55-54-6)39(50)48-17-7-9-33(48)37-42-21-32(46-37)26-13-11-25(12-14-26)28-20-29(28)27-15-16-30-31(19-27)45-38(44-30)34-10-8-18-49(34)40(51)36(24(3)4)47-41(52)53-5/h11-16,19,21-24,28-29,33-36H,7-10,17-18,20H2,1-6H3,(H,42,46)(H,44,45)(H,47,52)/t28-,29-,33+,34+,35+,36+/m1/s1. The van der Waals surface area contributed by atoms with Crippen LogP contribution < -0.4 is 5.32 Å². The van der Waals surface area contributed by atoms with Gasteiger partial charge in [0.1, 0.15) is 23.7 Å². The number of alkyl carbamates (subject to hydrolysis) is 1. The highest BCUT2D eigenvalue weighted by atomic mass is 17.2. The van der Waals surface area contributed by atoms with Crippen LogP contribution in [0, 0.1) is 11.8 Å². The molecular formula is C41H52N8O6. The van der Waals surface area contributed by atoms with Crippen LogP contribution in [0.15, 0.2) is 53.7 Å². The molecule has 2 aromatic carbocycles. The molecule has 4 heterocycles. The zero-order chi connectivity index (χ0) is 38.8. The Balaban J connectivity index is 0.999. The Bertz CT molecular complexity index is 2020. The number of nitrogens with zero attached hydrogens (tertiary/aromatic N) is 5. The first-order valence-electron chi connectivity index (χ1n) is 19.4. The Morgan fingerprint density at radius 3 is 2.22 bits per heavy atom. The minimum atomic E-state index is -0.673. The molecule has 55 heavy (non-hydrogen) atoms. The van der Waals surface area contributed by atoms with E-state index in [-0.39, 0.29) is 35.7 Å². The van der Waals surface area contributed by atoms with E-state index in [1.807, 2.05) is 43.7 Å². The smallest absolute Gasteiger partial charge is 0.407 e. The van der Waals surface area contributed by atoms with E-state index < -0.39 is 18.2 Å². The van der Waals surface area contributed by atoms with Gasteiger partial charge in [-0.15, -0.1) is 0 Å². The van der Waals surface area contributed by atoms with Gasteiger partial charge in [0, 0.05) is 13.1 Å². The maximum Gasteiger partial charge on any atom is 0.407 e. The Hall–Kier alpha value is -5.24. The number of fused-ring (bicyclic) bond motifs is 1. The predicted octanol–water partition coefficient (Wildman–Crippen LogP) is 6.56. The molecule has 3 amide bonds. The Labute approximate surface area is 321 Å². The molecule has 4 aromatic rings. The van der Waals surface area contributed by atoms with E-state index in [4.69, 9.17) is 19.6 Å². The number of nitrogens with one attached hydrogen (secondary N) is 3. The minimum Gasteiger partial charge on any atom is -0.453 e. The van der Waals surface area contributed by atoms with Crippen molar-refractivity contribution in [1.82, 2.24) is 35.1 Å². The SMILES string of the molecule is COOC=N[C@H](C(=O)N1CCC[C@H]1c1ncc(-c2ccc([C@H]3C[C@@H]3c3ccc4nc([C@@H]5CCCN5C(=O)[C@@H](NC(=O)OC)C(C)C)[nH]c4c3)cc2)[nH]1)C(C)C. The van der Waals surface area contributed by atoms with Crippen molar-refractivity contribution in [1.29, 1.82) is 0 Å². The number of benzene rings is 2. The fourth-order valence-corrected chi connectivity index (χ4v) is 8.26. The van der Waals surface area contributed by atoms with Gasteiger partial charge in [0.15, 0.2) is 0 Å². The minimum absolute atomic E-state index is 0.00194. The molecule has 0 bridgehead atoms. The maximum atomic E-state index is 13.6. The third-order valence-electron chi connectivity index (χ3n) is 11.3. The zero-order valence-corrected chi connectivity index (χ0v) is 32.5. The summed E-state index contributed by atoms with van der Waals surface area (Å²) in [6, 6.07) is 13.6.